The summed E-state index contributed by atoms with van der Waals surface area (Å²) < 4.78 is 34.3. The van der Waals surface area contributed by atoms with Gasteiger partial charge >= 0.3 is 5.97 Å². The minimum atomic E-state index is -3.66. The van der Waals surface area contributed by atoms with E-state index in [9.17, 15) is 13.2 Å². The Morgan fingerprint density at radius 3 is 2.33 bits per heavy atom. The van der Waals surface area contributed by atoms with Crippen LogP contribution in [0, 0.1) is 0 Å². The van der Waals surface area contributed by atoms with Gasteiger partial charge in [-0.15, -0.1) is 0 Å². The van der Waals surface area contributed by atoms with Crippen molar-refractivity contribution >= 4 is 15.8 Å². The van der Waals surface area contributed by atoms with Crippen molar-refractivity contribution in [2.24, 2.45) is 0 Å². The third kappa shape index (κ3) is 4.08. The number of methoxy groups -OCH3 is 2. The van der Waals surface area contributed by atoms with Gasteiger partial charge in [0.2, 0.25) is 0 Å². The van der Waals surface area contributed by atoms with Crippen molar-refractivity contribution in [1.29, 1.82) is 0 Å². The van der Waals surface area contributed by atoms with Crippen molar-refractivity contribution in [2.75, 3.05) is 26.6 Å². The molecule has 0 amide bonds. The summed E-state index contributed by atoms with van der Waals surface area (Å²) in [4.78, 5) is 11.1. The van der Waals surface area contributed by atoms with E-state index < -0.39 is 15.8 Å². The number of benzene rings is 1. The molecule has 0 aliphatic heterocycles. The van der Waals surface area contributed by atoms with Gasteiger partial charge in [-0.3, -0.25) is 0 Å². The molecule has 0 atom stereocenters. The minimum Gasteiger partial charge on any atom is -0.493 e. The largest absolute Gasteiger partial charge is 0.493 e. The summed E-state index contributed by atoms with van der Waals surface area (Å²) in [5.74, 6) is -1.47. The predicted molar refractivity (Wildman–Crippen MR) is 74.9 cm³/mol. The molecule has 8 heteroatoms. The van der Waals surface area contributed by atoms with Crippen LogP contribution in [0.5, 0.6) is 11.5 Å². The Kier molecular flexibility index (Phi) is 5.98. The number of hydrogen-bond acceptors (Lipinski definition) is 6. The summed E-state index contributed by atoms with van der Waals surface area (Å²) in [5.41, 5.74) is -0.280. The van der Waals surface area contributed by atoms with Gasteiger partial charge in [-0.25, -0.2) is 13.2 Å². The Balaban J connectivity index is 3.31. The first-order valence-electron chi connectivity index (χ1n) is 6.20. The SMILES string of the molecule is COc1cc(S(=O)(=O)CCCCO)cc(C(=O)O)c1OC. The molecule has 0 heterocycles. The zero-order valence-electron chi connectivity index (χ0n) is 11.8. The van der Waals surface area contributed by atoms with E-state index in [0.717, 1.165) is 6.07 Å². The average Bonchev–Trinajstić information content (AvgIpc) is 2.45. The first kappa shape index (κ1) is 17.3. The fraction of sp³-hybridized carbons (Fsp3) is 0.462. The molecule has 7 nitrogen and oxygen atoms in total. The summed E-state index contributed by atoms with van der Waals surface area (Å²) in [6, 6.07) is 2.29. The van der Waals surface area contributed by atoms with E-state index in [1.165, 1.54) is 20.3 Å². The molecule has 0 unspecified atom stereocenters. The lowest BCUT2D eigenvalue weighted by Crippen LogP contribution is -2.11. The van der Waals surface area contributed by atoms with Crippen LogP contribution in [0.25, 0.3) is 0 Å². The second-order valence-electron chi connectivity index (χ2n) is 4.26. The van der Waals surface area contributed by atoms with Crippen LogP contribution in [0.4, 0.5) is 0 Å². The molecule has 0 aliphatic carbocycles. The first-order chi connectivity index (χ1) is 9.87. The van der Waals surface area contributed by atoms with Gasteiger partial charge in [0.15, 0.2) is 21.3 Å². The molecule has 0 radical (unpaired) electrons. The van der Waals surface area contributed by atoms with E-state index in [0.29, 0.717) is 6.42 Å². The molecule has 2 N–H and O–H groups in total. The number of unbranched alkanes of at least 4 members (excludes halogenated alkanes) is 1. The number of carbonyl (C=O) groups is 1. The lowest BCUT2D eigenvalue weighted by molar-refractivity contribution is 0.0692. The quantitative estimate of drug-likeness (QED) is 0.686. The molecular formula is C13H18O7S. The highest BCUT2D eigenvalue weighted by Crippen LogP contribution is 2.34. The molecule has 0 bridgehead atoms. The van der Waals surface area contributed by atoms with Crippen LogP contribution >= 0.6 is 0 Å². The molecule has 0 spiro atoms. The van der Waals surface area contributed by atoms with Crippen molar-refractivity contribution in [2.45, 2.75) is 17.7 Å². The van der Waals surface area contributed by atoms with Crippen molar-refractivity contribution in [3.05, 3.63) is 17.7 Å². The molecule has 0 aliphatic rings. The normalized spacial score (nSPS) is 11.2. The van der Waals surface area contributed by atoms with Crippen LogP contribution in [0.15, 0.2) is 17.0 Å². The van der Waals surface area contributed by atoms with E-state index in [1.54, 1.807) is 0 Å². The highest BCUT2D eigenvalue weighted by atomic mass is 32.2. The Morgan fingerprint density at radius 2 is 1.86 bits per heavy atom. The molecule has 0 saturated carbocycles. The van der Waals surface area contributed by atoms with Crippen molar-refractivity contribution in [3.8, 4) is 11.5 Å². The molecule has 118 valence electrons. The number of aliphatic hydroxyl groups is 1. The molecule has 1 aromatic rings. The van der Waals surface area contributed by atoms with E-state index in [1.807, 2.05) is 0 Å². The van der Waals surface area contributed by atoms with Crippen LogP contribution in [0.2, 0.25) is 0 Å². The van der Waals surface area contributed by atoms with Gasteiger partial charge in [0, 0.05) is 12.7 Å². The number of ether oxygens (including phenoxy) is 2. The smallest absolute Gasteiger partial charge is 0.339 e. The first-order valence-corrected chi connectivity index (χ1v) is 7.85. The van der Waals surface area contributed by atoms with E-state index >= 15 is 0 Å². The van der Waals surface area contributed by atoms with Gasteiger partial charge in [-0.2, -0.15) is 0 Å². The van der Waals surface area contributed by atoms with E-state index in [-0.39, 0.29) is 40.7 Å². The van der Waals surface area contributed by atoms with Gasteiger partial charge < -0.3 is 19.7 Å². The number of sulfone groups is 1. The molecule has 0 saturated heterocycles. The van der Waals surface area contributed by atoms with Crippen LogP contribution in [-0.4, -0.2) is 51.2 Å². The maximum atomic E-state index is 12.2. The summed E-state index contributed by atoms with van der Waals surface area (Å²) in [6.07, 6.45) is 0.647. The number of carboxylic acid groups (broad SMARTS) is 1. The fourth-order valence-electron chi connectivity index (χ4n) is 1.80. The Morgan fingerprint density at radius 1 is 1.19 bits per heavy atom. The third-order valence-electron chi connectivity index (χ3n) is 2.86. The Bertz CT molecular complexity index is 607. The second-order valence-corrected chi connectivity index (χ2v) is 6.37. The molecular weight excluding hydrogens is 300 g/mol. The van der Waals surface area contributed by atoms with Gasteiger partial charge in [0.25, 0.3) is 0 Å². The number of carboxylic acids is 1. The third-order valence-corrected chi connectivity index (χ3v) is 4.64. The zero-order chi connectivity index (χ0) is 16.0. The zero-order valence-corrected chi connectivity index (χ0v) is 12.6. The van der Waals surface area contributed by atoms with Crippen molar-refractivity contribution in [1.82, 2.24) is 0 Å². The summed E-state index contributed by atoms with van der Waals surface area (Å²) in [5, 5.41) is 17.8. The second kappa shape index (κ2) is 7.28. The Hall–Kier alpha value is -1.80. The molecule has 21 heavy (non-hydrogen) atoms. The van der Waals surface area contributed by atoms with Crippen molar-refractivity contribution < 1.29 is 32.9 Å². The number of aliphatic hydroxyl groups excluding tert-OH is 1. The topological polar surface area (TPSA) is 110 Å². The molecule has 0 aromatic heterocycles. The van der Waals surface area contributed by atoms with Crippen LogP contribution in [-0.2, 0) is 9.84 Å². The summed E-state index contributed by atoms with van der Waals surface area (Å²) in [7, 11) is -1.08. The standard InChI is InChI=1S/C13H18O7S/c1-19-11-8-9(21(17,18)6-4-3-5-14)7-10(13(15)16)12(11)20-2/h7-8,14H,3-6H2,1-2H3,(H,15,16). The van der Waals surface area contributed by atoms with E-state index in [2.05, 4.69) is 0 Å². The lowest BCUT2D eigenvalue weighted by atomic mass is 10.2. The maximum Gasteiger partial charge on any atom is 0.339 e. The van der Waals surface area contributed by atoms with Gasteiger partial charge in [-0.1, -0.05) is 0 Å². The number of aromatic carboxylic acids is 1. The molecule has 1 aromatic carbocycles. The number of rotatable bonds is 8. The van der Waals surface area contributed by atoms with E-state index in [4.69, 9.17) is 19.7 Å². The van der Waals surface area contributed by atoms with Crippen LogP contribution in [0.3, 0.4) is 0 Å². The Labute approximate surface area is 123 Å². The van der Waals surface area contributed by atoms with Gasteiger partial charge in [0.05, 0.1) is 24.9 Å². The fourth-order valence-corrected chi connectivity index (χ4v) is 3.20. The highest BCUT2D eigenvalue weighted by molar-refractivity contribution is 7.91. The lowest BCUT2D eigenvalue weighted by Gasteiger charge is -2.13. The predicted octanol–water partition coefficient (Wildman–Crippen LogP) is 0.948. The highest BCUT2D eigenvalue weighted by Gasteiger charge is 2.23. The maximum absolute atomic E-state index is 12.2. The van der Waals surface area contributed by atoms with Crippen molar-refractivity contribution in [3.63, 3.8) is 0 Å². The van der Waals surface area contributed by atoms with Crippen LogP contribution < -0.4 is 9.47 Å². The molecule has 1 rings (SSSR count). The average molecular weight is 318 g/mol. The monoisotopic (exact) mass is 318 g/mol. The number of hydrogen-bond donors (Lipinski definition) is 2. The van der Waals surface area contributed by atoms with Crippen LogP contribution in [0.1, 0.15) is 23.2 Å². The van der Waals surface area contributed by atoms with Gasteiger partial charge in [0.1, 0.15) is 5.56 Å². The van der Waals surface area contributed by atoms with Gasteiger partial charge in [-0.05, 0) is 18.9 Å². The summed E-state index contributed by atoms with van der Waals surface area (Å²) >= 11 is 0. The summed E-state index contributed by atoms with van der Waals surface area (Å²) in [6.45, 7) is -0.0954. The minimum absolute atomic E-state index is 0.0284. The molecule has 0 fully saturated rings.